The van der Waals surface area contributed by atoms with Crippen molar-refractivity contribution in [3.05, 3.63) is 23.8 Å². The Kier molecular flexibility index (Phi) is 5.32. The van der Waals surface area contributed by atoms with Crippen LogP contribution in [0.4, 0.5) is 0 Å². The quantitative estimate of drug-likeness (QED) is 0.434. The predicted octanol–water partition coefficient (Wildman–Crippen LogP) is 2.47. The first-order valence-corrected chi connectivity index (χ1v) is 3.93. The molecule has 0 radical (unpaired) electrons. The summed E-state index contributed by atoms with van der Waals surface area (Å²) in [5.74, 6) is 0. The minimum Gasteiger partial charge on any atom is -0.255 e. The molecule has 0 aromatic carbocycles. The molecule has 0 atom stereocenters. The zero-order valence-corrected chi connectivity index (χ0v) is 6.61. The van der Waals surface area contributed by atoms with Gasteiger partial charge in [0.25, 0.3) is 0 Å². The molecule has 0 saturated carbocycles. The summed E-state index contributed by atoms with van der Waals surface area (Å²) in [6, 6.07) is 0. The van der Waals surface area contributed by atoms with E-state index in [-0.39, 0.29) is 0 Å². The van der Waals surface area contributed by atoms with Crippen LogP contribution in [0, 0.1) is 0 Å². The van der Waals surface area contributed by atoms with Gasteiger partial charge in [0, 0.05) is 6.21 Å². The van der Waals surface area contributed by atoms with Crippen LogP contribution in [0.2, 0.25) is 0 Å². The first-order valence-electron chi connectivity index (χ1n) is 2.70. The molecule has 9 heavy (non-hydrogen) atoms. The average molecular weight is 141 g/mol. The molecule has 0 fully saturated rings. The van der Waals surface area contributed by atoms with Crippen molar-refractivity contribution >= 4 is 18.0 Å². The summed E-state index contributed by atoms with van der Waals surface area (Å²) >= 11 is 1.61. The number of aliphatic imine (C=N–C) groups is 1. The van der Waals surface area contributed by atoms with E-state index in [0.29, 0.717) is 0 Å². The Bertz CT molecular complexity index is 136. The van der Waals surface area contributed by atoms with Crippen molar-refractivity contribution in [2.45, 2.75) is 6.92 Å². The van der Waals surface area contributed by atoms with E-state index in [1.165, 1.54) is 0 Å². The van der Waals surface area contributed by atoms with E-state index >= 15 is 0 Å². The van der Waals surface area contributed by atoms with Crippen molar-refractivity contribution in [2.24, 2.45) is 4.99 Å². The first-order chi connectivity index (χ1) is 4.35. The molecule has 2 heteroatoms. The van der Waals surface area contributed by atoms with E-state index < -0.39 is 0 Å². The molecule has 50 valence electrons. The second-order valence-corrected chi connectivity index (χ2v) is 2.16. The lowest BCUT2D eigenvalue weighted by Gasteiger charge is -1.89. The van der Waals surface area contributed by atoms with Crippen LogP contribution >= 0.6 is 11.8 Å². The summed E-state index contributed by atoms with van der Waals surface area (Å²) in [6.07, 6.45) is 7.37. The van der Waals surface area contributed by atoms with Crippen LogP contribution in [0.5, 0.6) is 0 Å². The summed E-state index contributed by atoms with van der Waals surface area (Å²) < 4.78 is 0. The predicted molar refractivity (Wildman–Crippen MR) is 46.0 cm³/mol. The number of nitrogens with zero attached hydrogens (tertiary/aromatic N) is 1. The highest BCUT2D eigenvalue weighted by Crippen LogP contribution is 2.11. The summed E-state index contributed by atoms with van der Waals surface area (Å²) in [4.78, 5) is 4.06. The number of allylic oxidation sites excluding steroid dienone is 2. The lowest BCUT2D eigenvalue weighted by molar-refractivity contribution is 1.53. The van der Waals surface area contributed by atoms with Crippen molar-refractivity contribution in [1.82, 2.24) is 0 Å². The molecule has 0 unspecified atom stereocenters. The topological polar surface area (TPSA) is 12.4 Å². The summed E-state index contributed by atoms with van der Waals surface area (Å²) in [5.41, 5.74) is 0. The van der Waals surface area contributed by atoms with Crippen molar-refractivity contribution in [3.8, 4) is 0 Å². The normalized spacial score (nSPS) is 12.4. The standard InChI is InChI=1S/C7H11NS/c1-4-6-7(9-3)8-5-2/h4-6H,1H2,2-3H3/b7-6+,8-5-. The van der Waals surface area contributed by atoms with Gasteiger partial charge in [-0.3, -0.25) is 4.99 Å². The Hall–Kier alpha value is -0.500. The van der Waals surface area contributed by atoms with Crippen LogP contribution in [0.15, 0.2) is 28.8 Å². The third kappa shape index (κ3) is 4.03. The third-order valence-electron chi connectivity index (χ3n) is 0.726. The first kappa shape index (κ1) is 8.50. The van der Waals surface area contributed by atoms with Gasteiger partial charge in [0.15, 0.2) is 0 Å². The van der Waals surface area contributed by atoms with E-state index in [1.807, 2.05) is 19.3 Å². The molecule has 0 spiro atoms. The van der Waals surface area contributed by atoms with Crippen LogP contribution in [-0.4, -0.2) is 12.5 Å². The molecule has 0 aromatic heterocycles. The number of hydrogen-bond donors (Lipinski definition) is 0. The Balaban J connectivity index is 3.96. The van der Waals surface area contributed by atoms with Gasteiger partial charge in [0.1, 0.15) is 0 Å². The van der Waals surface area contributed by atoms with Crippen molar-refractivity contribution < 1.29 is 0 Å². The molecule has 1 nitrogen and oxygen atoms in total. The SMILES string of the molecule is C=C/C=C(\N=C/C)SC. The maximum atomic E-state index is 4.06. The molecule has 0 N–H and O–H groups in total. The molecule has 0 heterocycles. The summed E-state index contributed by atoms with van der Waals surface area (Å²) in [6.45, 7) is 5.46. The molecule has 0 aliphatic rings. The van der Waals surface area contributed by atoms with Gasteiger partial charge in [0.2, 0.25) is 0 Å². The van der Waals surface area contributed by atoms with E-state index in [0.717, 1.165) is 5.03 Å². The van der Waals surface area contributed by atoms with E-state index in [2.05, 4.69) is 11.6 Å². The van der Waals surface area contributed by atoms with E-state index in [4.69, 9.17) is 0 Å². The zero-order chi connectivity index (χ0) is 7.11. The van der Waals surface area contributed by atoms with Gasteiger partial charge in [0.05, 0.1) is 5.03 Å². The maximum Gasteiger partial charge on any atom is 0.0952 e. The van der Waals surface area contributed by atoms with Gasteiger partial charge < -0.3 is 0 Å². The summed E-state index contributed by atoms with van der Waals surface area (Å²) in [5, 5.41) is 0.993. The molecule has 0 aliphatic heterocycles. The van der Waals surface area contributed by atoms with Crippen LogP contribution in [0.1, 0.15) is 6.92 Å². The number of hydrogen-bond acceptors (Lipinski definition) is 2. The van der Waals surface area contributed by atoms with Gasteiger partial charge in [-0.25, -0.2) is 0 Å². The molecular weight excluding hydrogens is 130 g/mol. The van der Waals surface area contributed by atoms with Crippen LogP contribution in [-0.2, 0) is 0 Å². The minimum atomic E-state index is 0.993. The van der Waals surface area contributed by atoms with Gasteiger partial charge >= 0.3 is 0 Å². The van der Waals surface area contributed by atoms with Crippen molar-refractivity contribution in [3.63, 3.8) is 0 Å². The third-order valence-corrected chi connectivity index (χ3v) is 1.39. The Morgan fingerprint density at radius 3 is 2.67 bits per heavy atom. The second kappa shape index (κ2) is 5.63. The molecular formula is C7H11NS. The van der Waals surface area contributed by atoms with Crippen LogP contribution < -0.4 is 0 Å². The smallest absolute Gasteiger partial charge is 0.0952 e. The highest BCUT2D eigenvalue weighted by Gasteiger charge is 1.82. The second-order valence-electron chi connectivity index (χ2n) is 1.33. The molecule has 0 bridgehead atoms. The molecule has 0 amide bonds. The lowest BCUT2D eigenvalue weighted by Crippen LogP contribution is -1.67. The van der Waals surface area contributed by atoms with Crippen LogP contribution in [0.25, 0.3) is 0 Å². The molecule has 0 rings (SSSR count). The largest absolute Gasteiger partial charge is 0.255 e. The molecule has 0 aromatic rings. The molecule has 0 saturated heterocycles. The van der Waals surface area contributed by atoms with Crippen molar-refractivity contribution in [1.29, 1.82) is 0 Å². The minimum absolute atomic E-state index is 0.993. The van der Waals surface area contributed by atoms with Gasteiger partial charge in [-0.1, -0.05) is 12.7 Å². The van der Waals surface area contributed by atoms with Gasteiger partial charge in [-0.15, -0.1) is 11.8 Å². The fourth-order valence-corrected chi connectivity index (χ4v) is 0.835. The highest BCUT2D eigenvalue weighted by atomic mass is 32.2. The maximum absolute atomic E-state index is 4.06. The zero-order valence-electron chi connectivity index (χ0n) is 5.79. The Morgan fingerprint density at radius 2 is 2.33 bits per heavy atom. The number of rotatable bonds is 3. The summed E-state index contributed by atoms with van der Waals surface area (Å²) in [7, 11) is 0. The van der Waals surface area contributed by atoms with Crippen molar-refractivity contribution in [2.75, 3.05) is 6.26 Å². The fraction of sp³-hybridized carbons (Fsp3) is 0.286. The highest BCUT2D eigenvalue weighted by molar-refractivity contribution is 8.02. The Morgan fingerprint density at radius 1 is 1.67 bits per heavy atom. The van der Waals surface area contributed by atoms with Gasteiger partial charge in [-0.05, 0) is 19.3 Å². The van der Waals surface area contributed by atoms with E-state index in [9.17, 15) is 0 Å². The van der Waals surface area contributed by atoms with Crippen LogP contribution in [0.3, 0.4) is 0 Å². The number of thioether (sulfide) groups is 1. The van der Waals surface area contributed by atoms with E-state index in [1.54, 1.807) is 24.1 Å². The lowest BCUT2D eigenvalue weighted by atomic mass is 10.6. The molecule has 0 aliphatic carbocycles. The Labute approximate surface area is 60.6 Å². The van der Waals surface area contributed by atoms with Gasteiger partial charge in [-0.2, -0.15) is 0 Å². The monoisotopic (exact) mass is 141 g/mol. The fourth-order valence-electron chi connectivity index (χ4n) is 0.392. The average Bonchev–Trinajstić information content (AvgIpc) is 1.88.